The molecule has 1 heterocycles. The van der Waals surface area contributed by atoms with Crippen LogP contribution in [0.25, 0.3) is 6.08 Å². The standard InChI is InChI=1S/C14H14BrNO6/c1-9(17)20-4-2-3-11(16(18)19)5-10-6-13-14(7-12(10)15)22-8-21-13/h5-7H,2-4,8H2,1H3. The Kier molecular flexibility index (Phi) is 5.37. The second-order valence-corrected chi connectivity index (χ2v) is 5.42. The average Bonchev–Trinajstić information content (AvgIpc) is 2.88. The van der Waals surface area contributed by atoms with Crippen LogP contribution in [-0.4, -0.2) is 24.3 Å². The van der Waals surface area contributed by atoms with E-state index >= 15 is 0 Å². The molecule has 0 N–H and O–H groups in total. The molecule has 0 spiro atoms. The van der Waals surface area contributed by atoms with Crippen molar-refractivity contribution in [2.45, 2.75) is 19.8 Å². The zero-order chi connectivity index (χ0) is 16.1. The van der Waals surface area contributed by atoms with Gasteiger partial charge in [-0.2, -0.15) is 0 Å². The van der Waals surface area contributed by atoms with E-state index in [0.29, 0.717) is 28.0 Å². The van der Waals surface area contributed by atoms with E-state index in [1.165, 1.54) is 13.0 Å². The van der Waals surface area contributed by atoms with Crippen LogP contribution >= 0.6 is 15.9 Å². The summed E-state index contributed by atoms with van der Waals surface area (Å²) >= 11 is 3.36. The van der Waals surface area contributed by atoms with Crippen molar-refractivity contribution in [2.75, 3.05) is 13.4 Å². The summed E-state index contributed by atoms with van der Waals surface area (Å²) < 4.78 is 15.9. The van der Waals surface area contributed by atoms with Crippen molar-refractivity contribution in [1.29, 1.82) is 0 Å². The molecule has 1 aromatic carbocycles. The predicted octanol–water partition coefficient (Wildman–Crippen LogP) is 3.14. The first-order valence-corrected chi connectivity index (χ1v) is 7.34. The van der Waals surface area contributed by atoms with Gasteiger partial charge in [-0.1, -0.05) is 15.9 Å². The summed E-state index contributed by atoms with van der Waals surface area (Å²) in [5.41, 5.74) is 0.662. The number of nitrogens with zero attached hydrogens (tertiary/aromatic N) is 1. The molecule has 1 aliphatic heterocycles. The molecular formula is C14H14BrNO6. The van der Waals surface area contributed by atoms with Gasteiger partial charge >= 0.3 is 5.97 Å². The number of benzene rings is 1. The van der Waals surface area contributed by atoms with E-state index in [1.807, 2.05) is 0 Å². The maximum atomic E-state index is 11.1. The lowest BCUT2D eigenvalue weighted by molar-refractivity contribution is -0.426. The Morgan fingerprint density at radius 1 is 1.45 bits per heavy atom. The van der Waals surface area contributed by atoms with Gasteiger partial charge in [0.2, 0.25) is 12.5 Å². The number of hydrogen-bond acceptors (Lipinski definition) is 6. The van der Waals surface area contributed by atoms with Gasteiger partial charge < -0.3 is 14.2 Å². The Hall–Kier alpha value is -2.09. The number of fused-ring (bicyclic) bond motifs is 1. The number of nitro groups is 1. The van der Waals surface area contributed by atoms with Crippen LogP contribution in [0.15, 0.2) is 22.3 Å². The fourth-order valence-corrected chi connectivity index (χ4v) is 2.35. The molecule has 0 aromatic heterocycles. The minimum atomic E-state index is -0.440. The quantitative estimate of drug-likeness (QED) is 0.330. The van der Waals surface area contributed by atoms with Crippen LogP contribution in [0.5, 0.6) is 11.5 Å². The summed E-state index contributed by atoms with van der Waals surface area (Å²) in [6.45, 7) is 1.59. The SMILES string of the molecule is CC(=O)OCCCC(=Cc1cc2c(cc1Br)OCO2)[N+](=O)[O-]. The number of allylic oxidation sites excluding steroid dienone is 1. The van der Waals surface area contributed by atoms with Gasteiger partial charge in [0.15, 0.2) is 11.5 Å². The van der Waals surface area contributed by atoms with Crippen molar-refractivity contribution in [1.82, 2.24) is 0 Å². The van der Waals surface area contributed by atoms with Crippen molar-refractivity contribution in [2.24, 2.45) is 0 Å². The number of carbonyl (C=O) groups excluding carboxylic acids is 1. The first kappa shape index (κ1) is 16.3. The zero-order valence-corrected chi connectivity index (χ0v) is 13.4. The lowest BCUT2D eigenvalue weighted by atomic mass is 10.1. The molecule has 118 valence electrons. The van der Waals surface area contributed by atoms with E-state index in [4.69, 9.17) is 14.2 Å². The van der Waals surface area contributed by atoms with Crippen molar-refractivity contribution >= 4 is 28.0 Å². The van der Waals surface area contributed by atoms with Gasteiger partial charge in [-0.25, -0.2) is 0 Å². The topological polar surface area (TPSA) is 87.9 Å². The van der Waals surface area contributed by atoms with E-state index in [2.05, 4.69) is 15.9 Å². The number of rotatable bonds is 6. The van der Waals surface area contributed by atoms with Gasteiger partial charge in [0.1, 0.15) is 0 Å². The van der Waals surface area contributed by atoms with Crippen molar-refractivity contribution < 1.29 is 23.9 Å². The monoisotopic (exact) mass is 371 g/mol. The molecule has 0 unspecified atom stereocenters. The Balaban J connectivity index is 2.12. The minimum absolute atomic E-state index is 0.0340. The maximum absolute atomic E-state index is 11.1. The van der Waals surface area contributed by atoms with Crippen LogP contribution in [0.2, 0.25) is 0 Å². The molecule has 1 aromatic rings. The third kappa shape index (κ3) is 4.20. The molecule has 0 radical (unpaired) electrons. The van der Waals surface area contributed by atoms with Crippen molar-refractivity contribution in [3.05, 3.63) is 38.0 Å². The Bertz CT molecular complexity index is 628. The first-order chi connectivity index (χ1) is 10.5. The summed E-state index contributed by atoms with van der Waals surface area (Å²) in [5, 5.41) is 11.1. The van der Waals surface area contributed by atoms with E-state index in [1.54, 1.807) is 12.1 Å². The highest BCUT2D eigenvalue weighted by Gasteiger charge is 2.18. The second-order valence-electron chi connectivity index (χ2n) is 4.56. The molecule has 0 fully saturated rings. The normalized spacial score (nSPS) is 13.1. The molecule has 1 aliphatic rings. The third-order valence-corrected chi connectivity index (χ3v) is 3.62. The third-order valence-electron chi connectivity index (χ3n) is 2.93. The molecule has 0 saturated heterocycles. The van der Waals surface area contributed by atoms with Gasteiger partial charge in [-0.15, -0.1) is 0 Å². The highest BCUT2D eigenvalue weighted by atomic mass is 79.9. The smallest absolute Gasteiger partial charge is 0.302 e. The molecule has 2 rings (SSSR count). The number of halogens is 1. The fraction of sp³-hybridized carbons (Fsp3) is 0.357. The maximum Gasteiger partial charge on any atom is 0.302 e. The highest BCUT2D eigenvalue weighted by molar-refractivity contribution is 9.10. The van der Waals surface area contributed by atoms with Gasteiger partial charge in [0.25, 0.3) is 0 Å². The summed E-state index contributed by atoms with van der Waals surface area (Å²) in [6, 6.07) is 3.40. The van der Waals surface area contributed by atoms with Crippen LogP contribution in [0.1, 0.15) is 25.3 Å². The van der Waals surface area contributed by atoms with Gasteiger partial charge in [-0.3, -0.25) is 14.9 Å². The predicted molar refractivity (Wildman–Crippen MR) is 81.1 cm³/mol. The van der Waals surface area contributed by atoms with Crippen molar-refractivity contribution in [3.8, 4) is 11.5 Å². The Labute approximate surface area is 135 Å². The fourth-order valence-electron chi connectivity index (χ4n) is 1.91. The average molecular weight is 372 g/mol. The summed E-state index contributed by atoms with van der Waals surface area (Å²) in [7, 11) is 0. The second kappa shape index (κ2) is 7.26. The lowest BCUT2D eigenvalue weighted by Gasteiger charge is -2.04. The lowest BCUT2D eigenvalue weighted by Crippen LogP contribution is -2.04. The number of esters is 1. The number of carbonyl (C=O) groups is 1. The molecular weight excluding hydrogens is 358 g/mol. The number of ether oxygens (including phenoxy) is 3. The first-order valence-electron chi connectivity index (χ1n) is 6.55. The summed E-state index contributed by atoms with van der Waals surface area (Å²) in [6.07, 6.45) is 2.05. The molecule has 0 amide bonds. The van der Waals surface area contributed by atoms with E-state index in [0.717, 1.165) is 0 Å². The van der Waals surface area contributed by atoms with Crippen molar-refractivity contribution in [3.63, 3.8) is 0 Å². The molecule has 0 bridgehead atoms. The molecule has 0 aliphatic carbocycles. The van der Waals surface area contributed by atoms with E-state index in [-0.39, 0.29) is 25.5 Å². The van der Waals surface area contributed by atoms with Crippen LogP contribution in [0.3, 0.4) is 0 Å². The van der Waals surface area contributed by atoms with Crippen LogP contribution in [0, 0.1) is 10.1 Å². The van der Waals surface area contributed by atoms with Crippen LogP contribution < -0.4 is 9.47 Å². The molecule has 22 heavy (non-hydrogen) atoms. The van der Waals surface area contributed by atoms with E-state index in [9.17, 15) is 14.9 Å². The van der Waals surface area contributed by atoms with Gasteiger partial charge in [-0.05, 0) is 24.1 Å². The highest BCUT2D eigenvalue weighted by Crippen LogP contribution is 2.37. The summed E-state index contributed by atoms with van der Waals surface area (Å²) in [4.78, 5) is 21.4. The van der Waals surface area contributed by atoms with E-state index < -0.39 is 10.9 Å². The molecule has 0 saturated carbocycles. The molecule has 8 heteroatoms. The Morgan fingerprint density at radius 2 is 2.14 bits per heavy atom. The minimum Gasteiger partial charge on any atom is -0.466 e. The Morgan fingerprint density at radius 3 is 2.77 bits per heavy atom. The largest absolute Gasteiger partial charge is 0.466 e. The summed E-state index contributed by atoms with van der Waals surface area (Å²) in [5.74, 6) is 0.753. The van der Waals surface area contributed by atoms with Crippen LogP contribution in [-0.2, 0) is 9.53 Å². The zero-order valence-electron chi connectivity index (χ0n) is 11.8. The van der Waals surface area contributed by atoms with Crippen LogP contribution in [0.4, 0.5) is 0 Å². The van der Waals surface area contributed by atoms with Gasteiger partial charge in [0.05, 0.1) is 11.5 Å². The van der Waals surface area contributed by atoms with Gasteiger partial charge in [0, 0.05) is 23.9 Å². The number of hydrogen-bond donors (Lipinski definition) is 0. The molecule has 7 nitrogen and oxygen atoms in total. The molecule has 0 atom stereocenters.